The summed E-state index contributed by atoms with van der Waals surface area (Å²) in [6, 6.07) is 7.97. The van der Waals surface area contributed by atoms with Gasteiger partial charge in [-0.25, -0.2) is 4.98 Å². The molecule has 6 heteroatoms. The highest BCUT2D eigenvalue weighted by Crippen LogP contribution is 2.32. The van der Waals surface area contributed by atoms with Crippen LogP contribution in [0.15, 0.2) is 24.3 Å². The first kappa shape index (κ1) is 20.9. The lowest BCUT2D eigenvalue weighted by Gasteiger charge is -2.45. The molecule has 0 radical (unpaired) electrons. The van der Waals surface area contributed by atoms with E-state index in [1.807, 2.05) is 35.8 Å². The van der Waals surface area contributed by atoms with Gasteiger partial charge in [-0.2, -0.15) is 0 Å². The Balaban J connectivity index is 1.70. The smallest absolute Gasteiger partial charge is 0.290 e. The summed E-state index contributed by atoms with van der Waals surface area (Å²) in [5.41, 5.74) is 0.782. The standard InChI is InChI=1S/C24H34N4O2/c1-16(2)13-14-28-22(29)21-25-19-11-7-8-12-20(19)27(21)15-24(28,4)23(30)26-18-10-6-5-9-17(18)3/h7-8,11-12,16-18H,5-6,9-10,13-15H2,1-4H3,(H,26,30)/t17-,18+,24-/m1/s1. The number of hydrogen-bond donors (Lipinski definition) is 1. The second-order valence-corrected chi connectivity index (χ2v) is 9.77. The largest absolute Gasteiger partial charge is 0.351 e. The van der Waals surface area contributed by atoms with Crippen LogP contribution in [-0.2, 0) is 11.3 Å². The van der Waals surface area contributed by atoms with Crippen LogP contribution in [0.5, 0.6) is 0 Å². The molecule has 1 aliphatic heterocycles. The monoisotopic (exact) mass is 410 g/mol. The molecule has 30 heavy (non-hydrogen) atoms. The van der Waals surface area contributed by atoms with Gasteiger partial charge in [-0.05, 0) is 50.2 Å². The fourth-order valence-electron chi connectivity index (χ4n) is 4.92. The van der Waals surface area contributed by atoms with Gasteiger partial charge in [-0.15, -0.1) is 0 Å². The number of para-hydroxylation sites is 2. The SMILES string of the molecule is CC(C)CCN1C(=O)c2nc3ccccc3n2C[C@]1(C)C(=O)N[C@H]1CCCC[C@H]1C. The van der Waals surface area contributed by atoms with E-state index in [-0.39, 0.29) is 17.9 Å². The quantitative estimate of drug-likeness (QED) is 0.810. The number of benzene rings is 1. The Labute approximate surface area is 179 Å². The van der Waals surface area contributed by atoms with E-state index in [0.29, 0.717) is 30.7 Å². The number of amides is 2. The zero-order valence-electron chi connectivity index (χ0n) is 18.6. The topological polar surface area (TPSA) is 67.2 Å². The summed E-state index contributed by atoms with van der Waals surface area (Å²) >= 11 is 0. The second kappa shape index (κ2) is 8.05. The number of fused-ring (bicyclic) bond motifs is 3. The van der Waals surface area contributed by atoms with Gasteiger partial charge in [0, 0.05) is 12.6 Å². The fourth-order valence-corrected chi connectivity index (χ4v) is 4.92. The van der Waals surface area contributed by atoms with Gasteiger partial charge in [0.2, 0.25) is 5.91 Å². The number of imidazole rings is 1. The number of carbonyl (C=O) groups is 2. The molecular weight excluding hydrogens is 376 g/mol. The number of carbonyl (C=O) groups excluding carboxylic acids is 2. The number of rotatable bonds is 5. The third kappa shape index (κ3) is 3.61. The van der Waals surface area contributed by atoms with Crippen molar-refractivity contribution in [2.24, 2.45) is 11.8 Å². The van der Waals surface area contributed by atoms with E-state index in [2.05, 4.69) is 31.1 Å². The van der Waals surface area contributed by atoms with Crippen LogP contribution in [0, 0.1) is 11.8 Å². The Morgan fingerprint density at radius 2 is 2.00 bits per heavy atom. The van der Waals surface area contributed by atoms with Gasteiger partial charge in [0.15, 0.2) is 5.82 Å². The molecule has 2 aliphatic rings. The van der Waals surface area contributed by atoms with Crippen LogP contribution in [0.4, 0.5) is 0 Å². The van der Waals surface area contributed by atoms with E-state index >= 15 is 0 Å². The highest BCUT2D eigenvalue weighted by Gasteiger charge is 2.48. The molecule has 0 bridgehead atoms. The zero-order valence-corrected chi connectivity index (χ0v) is 18.6. The average molecular weight is 411 g/mol. The van der Waals surface area contributed by atoms with Crippen molar-refractivity contribution >= 4 is 22.8 Å². The zero-order chi connectivity index (χ0) is 21.5. The Bertz CT molecular complexity index is 950. The molecule has 3 atom stereocenters. The Hall–Kier alpha value is -2.37. The molecule has 162 valence electrons. The van der Waals surface area contributed by atoms with Crippen molar-refractivity contribution in [3.05, 3.63) is 30.1 Å². The molecule has 1 aromatic carbocycles. The Morgan fingerprint density at radius 3 is 2.73 bits per heavy atom. The summed E-state index contributed by atoms with van der Waals surface area (Å²) in [4.78, 5) is 33.6. The van der Waals surface area contributed by atoms with E-state index in [4.69, 9.17) is 0 Å². The van der Waals surface area contributed by atoms with Crippen LogP contribution in [0.2, 0.25) is 0 Å². The summed E-state index contributed by atoms with van der Waals surface area (Å²) in [7, 11) is 0. The maximum atomic E-state index is 13.7. The van der Waals surface area contributed by atoms with Crippen LogP contribution in [0.1, 0.15) is 70.4 Å². The Morgan fingerprint density at radius 1 is 1.27 bits per heavy atom. The second-order valence-electron chi connectivity index (χ2n) is 9.77. The first-order valence-electron chi connectivity index (χ1n) is 11.4. The highest BCUT2D eigenvalue weighted by atomic mass is 16.2. The van der Waals surface area contributed by atoms with E-state index in [0.717, 1.165) is 36.7 Å². The molecular formula is C24H34N4O2. The molecule has 1 fully saturated rings. The van der Waals surface area contributed by atoms with Crippen LogP contribution in [0.25, 0.3) is 11.0 Å². The van der Waals surface area contributed by atoms with Gasteiger partial charge in [0.1, 0.15) is 5.54 Å². The lowest BCUT2D eigenvalue weighted by Crippen LogP contribution is -2.65. The number of nitrogens with zero attached hydrogens (tertiary/aromatic N) is 3. The summed E-state index contributed by atoms with van der Waals surface area (Å²) in [5, 5.41) is 3.32. The fraction of sp³-hybridized carbons (Fsp3) is 0.625. The van der Waals surface area contributed by atoms with Crippen molar-refractivity contribution in [1.82, 2.24) is 19.8 Å². The highest BCUT2D eigenvalue weighted by molar-refractivity contribution is 6.01. The third-order valence-electron chi connectivity index (χ3n) is 7.00. The van der Waals surface area contributed by atoms with Crippen LogP contribution < -0.4 is 5.32 Å². The summed E-state index contributed by atoms with van der Waals surface area (Å²) in [5.74, 6) is 1.18. The van der Waals surface area contributed by atoms with Gasteiger partial charge in [0.05, 0.1) is 17.6 Å². The molecule has 1 aromatic heterocycles. The minimum Gasteiger partial charge on any atom is -0.351 e. The van der Waals surface area contributed by atoms with Crippen LogP contribution in [0.3, 0.4) is 0 Å². The lowest BCUT2D eigenvalue weighted by atomic mass is 9.85. The van der Waals surface area contributed by atoms with E-state index in [1.54, 1.807) is 4.90 Å². The molecule has 2 heterocycles. The normalized spacial score (nSPS) is 26.8. The molecule has 4 rings (SSSR count). The molecule has 1 saturated carbocycles. The maximum absolute atomic E-state index is 13.7. The molecule has 1 N–H and O–H groups in total. The van der Waals surface area contributed by atoms with Crippen molar-refractivity contribution in [2.75, 3.05) is 6.54 Å². The minimum atomic E-state index is -0.931. The summed E-state index contributed by atoms with van der Waals surface area (Å²) in [6.45, 7) is 9.42. The number of aromatic nitrogens is 2. The van der Waals surface area contributed by atoms with Crippen LogP contribution >= 0.6 is 0 Å². The first-order chi connectivity index (χ1) is 14.3. The molecule has 2 amide bonds. The average Bonchev–Trinajstić information content (AvgIpc) is 3.08. The van der Waals surface area contributed by atoms with Crippen molar-refractivity contribution in [3.8, 4) is 0 Å². The molecule has 0 spiro atoms. The van der Waals surface area contributed by atoms with Gasteiger partial charge in [-0.3, -0.25) is 9.59 Å². The van der Waals surface area contributed by atoms with E-state index < -0.39 is 5.54 Å². The van der Waals surface area contributed by atoms with Crippen molar-refractivity contribution in [2.45, 2.75) is 77.9 Å². The van der Waals surface area contributed by atoms with Gasteiger partial charge >= 0.3 is 0 Å². The number of hydrogen-bond acceptors (Lipinski definition) is 3. The summed E-state index contributed by atoms with van der Waals surface area (Å²) < 4.78 is 1.94. The first-order valence-corrected chi connectivity index (χ1v) is 11.4. The van der Waals surface area contributed by atoms with Gasteiger partial charge in [0.25, 0.3) is 5.91 Å². The predicted octanol–water partition coefficient (Wildman–Crippen LogP) is 3.99. The van der Waals surface area contributed by atoms with E-state index in [1.165, 1.54) is 6.42 Å². The Kier molecular flexibility index (Phi) is 5.60. The van der Waals surface area contributed by atoms with Crippen molar-refractivity contribution < 1.29 is 9.59 Å². The molecule has 0 unspecified atom stereocenters. The minimum absolute atomic E-state index is 0.0400. The third-order valence-corrected chi connectivity index (χ3v) is 7.00. The molecule has 6 nitrogen and oxygen atoms in total. The lowest BCUT2D eigenvalue weighted by molar-refractivity contribution is -0.134. The molecule has 1 aliphatic carbocycles. The predicted molar refractivity (Wildman–Crippen MR) is 118 cm³/mol. The number of nitrogens with one attached hydrogen (secondary N) is 1. The summed E-state index contributed by atoms with van der Waals surface area (Å²) in [6.07, 6.45) is 5.40. The van der Waals surface area contributed by atoms with Crippen LogP contribution in [-0.4, -0.2) is 44.4 Å². The van der Waals surface area contributed by atoms with E-state index in [9.17, 15) is 9.59 Å². The van der Waals surface area contributed by atoms with Gasteiger partial charge < -0.3 is 14.8 Å². The maximum Gasteiger partial charge on any atom is 0.290 e. The van der Waals surface area contributed by atoms with Gasteiger partial charge in [-0.1, -0.05) is 45.7 Å². The van der Waals surface area contributed by atoms with Crippen molar-refractivity contribution in [1.29, 1.82) is 0 Å². The molecule has 0 saturated heterocycles. The van der Waals surface area contributed by atoms with Crippen molar-refractivity contribution in [3.63, 3.8) is 0 Å². The molecule has 2 aromatic rings.